The molecule has 0 aliphatic rings. The fourth-order valence-corrected chi connectivity index (χ4v) is 12.3. The molecule has 0 spiro atoms. The van der Waals surface area contributed by atoms with Gasteiger partial charge in [0.2, 0.25) is 0 Å². The van der Waals surface area contributed by atoms with E-state index in [2.05, 4.69) is 322 Å². The van der Waals surface area contributed by atoms with E-state index in [1.54, 1.807) is 0 Å². The summed E-state index contributed by atoms with van der Waals surface area (Å²) in [6.45, 7) is 27.4. The highest BCUT2D eigenvalue weighted by molar-refractivity contribution is 6.27. The molecular formula is C78H73N3. The van der Waals surface area contributed by atoms with Crippen LogP contribution in [0, 0.1) is 0 Å². The minimum Gasteiger partial charge on any atom is -0.310 e. The summed E-state index contributed by atoms with van der Waals surface area (Å²) in [6.07, 6.45) is 0. The lowest BCUT2D eigenvalue weighted by atomic mass is 9.86. The van der Waals surface area contributed by atoms with Crippen LogP contribution in [0.1, 0.15) is 105 Å². The number of rotatable bonds is 8. The third-order valence-corrected chi connectivity index (χ3v) is 17.1. The van der Waals surface area contributed by atoms with Crippen LogP contribution >= 0.6 is 0 Å². The van der Waals surface area contributed by atoms with Crippen LogP contribution in [0.2, 0.25) is 0 Å². The molecule has 0 radical (unpaired) electrons. The van der Waals surface area contributed by atoms with Crippen LogP contribution in [0.15, 0.2) is 224 Å². The number of aromatic nitrogens is 1. The minimum atomic E-state index is 0.0488. The average molecular weight is 1050 g/mol. The molecule has 81 heavy (non-hydrogen) atoms. The number of anilines is 6. The third-order valence-electron chi connectivity index (χ3n) is 17.1. The molecule has 0 aliphatic carbocycles. The predicted octanol–water partition coefficient (Wildman–Crippen LogP) is 22.6. The first kappa shape index (κ1) is 51.8. The summed E-state index contributed by atoms with van der Waals surface area (Å²) in [7, 11) is 0. The standard InChI is InChI=1S/C78H73N3/c1-75(2,3)58-24-34-62(35-25-58)79(63-36-26-59(27-37-63)76(4,5)6)66-32-22-53-44-68-70-46-57(52-20-18-51(19-21-52)50-16-14-13-15-17-50)47-71-69-45-54-23-33-67(43-56(54)49-73(69)81(74(70)71)72(68)48-55(53)42-66)80(64-38-28-60(29-39-64)77(7,8)9)65-40-30-61(31-41-65)78(10,11)12/h13-49H,1-12H3. The summed E-state index contributed by atoms with van der Waals surface area (Å²) in [5.41, 5.74) is 20.8. The normalized spacial score (nSPS) is 12.7. The molecule has 0 saturated carbocycles. The van der Waals surface area contributed by atoms with Crippen molar-refractivity contribution in [2.24, 2.45) is 0 Å². The Morgan fingerprint density at radius 2 is 0.556 bits per heavy atom. The van der Waals surface area contributed by atoms with Crippen LogP contribution in [0.25, 0.3) is 81.9 Å². The summed E-state index contributed by atoms with van der Waals surface area (Å²) in [6, 6.07) is 85.2. The molecule has 2 aromatic heterocycles. The van der Waals surface area contributed by atoms with Crippen LogP contribution in [0.5, 0.6) is 0 Å². The van der Waals surface area contributed by atoms with Gasteiger partial charge in [0.05, 0.1) is 16.6 Å². The zero-order valence-corrected chi connectivity index (χ0v) is 49.2. The molecule has 0 bridgehead atoms. The monoisotopic (exact) mass is 1050 g/mol. The maximum Gasteiger partial charge on any atom is 0.0620 e. The molecule has 0 saturated heterocycles. The average Bonchev–Trinajstić information content (AvgIpc) is 4.19. The highest BCUT2D eigenvalue weighted by Crippen LogP contribution is 2.47. The summed E-state index contributed by atoms with van der Waals surface area (Å²) in [4.78, 5) is 4.84. The second-order valence-electron chi connectivity index (χ2n) is 26.9. The van der Waals surface area contributed by atoms with Gasteiger partial charge in [-0.2, -0.15) is 0 Å². The first-order valence-corrected chi connectivity index (χ1v) is 29.0. The summed E-state index contributed by atoms with van der Waals surface area (Å²) in [5, 5.41) is 9.86. The van der Waals surface area contributed by atoms with Crippen LogP contribution in [-0.2, 0) is 21.7 Å². The molecule has 13 rings (SSSR count). The zero-order valence-electron chi connectivity index (χ0n) is 49.2. The van der Waals surface area contributed by atoms with Gasteiger partial charge in [-0.15, -0.1) is 0 Å². The van der Waals surface area contributed by atoms with E-state index in [0.29, 0.717) is 0 Å². The van der Waals surface area contributed by atoms with Crippen molar-refractivity contribution in [3.8, 4) is 22.3 Å². The Labute approximate surface area is 479 Å². The lowest BCUT2D eigenvalue weighted by Gasteiger charge is -2.28. The molecule has 2 heterocycles. The van der Waals surface area contributed by atoms with Crippen molar-refractivity contribution in [2.45, 2.75) is 105 Å². The van der Waals surface area contributed by atoms with Crippen molar-refractivity contribution in [3.63, 3.8) is 0 Å². The topological polar surface area (TPSA) is 10.9 Å². The Kier molecular flexibility index (Phi) is 12.1. The van der Waals surface area contributed by atoms with Crippen LogP contribution in [0.4, 0.5) is 34.1 Å². The smallest absolute Gasteiger partial charge is 0.0620 e. The maximum absolute atomic E-state index is 2.57. The van der Waals surface area contributed by atoms with Gasteiger partial charge in [-0.3, -0.25) is 0 Å². The molecule has 3 heteroatoms. The quantitative estimate of drug-likeness (QED) is 0.150. The van der Waals surface area contributed by atoms with Gasteiger partial charge in [0.25, 0.3) is 0 Å². The Bertz CT molecular complexity index is 4120. The lowest BCUT2D eigenvalue weighted by Crippen LogP contribution is -2.14. The summed E-state index contributed by atoms with van der Waals surface area (Å²) in [5.74, 6) is 0. The van der Waals surface area contributed by atoms with Crippen molar-refractivity contribution >= 4 is 93.8 Å². The molecule has 0 unspecified atom stereocenters. The number of fused-ring (bicyclic) bond motifs is 8. The maximum atomic E-state index is 2.57. The van der Waals surface area contributed by atoms with E-state index < -0.39 is 0 Å². The Morgan fingerprint density at radius 3 is 0.889 bits per heavy atom. The second-order valence-corrected chi connectivity index (χ2v) is 26.9. The van der Waals surface area contributed by atoms with Gasteiger partial charge >= 0.3 is 0 Å². The molecule has 0 aliphatic heterocycles. The van der Waals surface area contributed by atoms with Crippen molar-refractivity contribution < 1.29 is 0 Å². The van der Waals surface area contributed by atoms with E-state index in [-0.39, 0.29) is 21.7 Å². The summed E-state index contributed by atoms with van der Waals surface area (Å²) >= 11 is 0. The molecule has 0 atom stereocenters. The molecule has 11 aromatic carbocycles. The number of hydrogen-bond donors (Lipinski definition) is 0. The molecule has 3 nitrogen and oxygen atoms in total. The molecule has 0 N–H and O–H groups in total. The first-order valence-electron chi connectivity index (χ1n) is 29.0. The van der Waals surface area contributed by atoms with Crippen molar-refractivity contribution in [1.82, 2.24) is 4.40 Å². The molecule has 0 fully saturated rings. The van der Waals surface area contributed by atoms with Crippen molar-refractivity contribution in [3.05, 3.63) is 247 Å². The summed E-state index contributed by atoms with van der Waals surface area (Å²) < 4.78 is 2.57. The fraction of sp³-hybridized carbons (Fsp3) is 0.205. The first-order chi connectivity index (χ1) is 38.6. The van der Waals surface area contributed by atoms with Gasteiger partial charge in [-0.25, -0.2) is 0 Å². The highest BCUT2D eigenvalue weighted by Gasteiger charge is 2.25. The number of hydrogen-bond acceptors (Lipinski definition) is 2. The molecule has 400 valence electrons. The van der Waals surface area contributed by atoms with Crippen LogP contribution in [0.3, 0.4) is 0 Å². The van der Waals surface area contributed by atoms with E-state index in [0.717, 1.165) is 34.1 Å². The SMILES string of the molecule is CC(C)(C)c1ccc(N(c2ccc(C(C)(C)C)cc2)c2ccc3cc4c5cc(-c6ccc(-c7ccccc7)cc6)cc6c7cc8ccc(N(c9ccc(C(C)(C)C)cc9)c9ccc(C(C)(C)C)cc9)cc8cc7n(c4cc3c2)c56)cc1. The van der Waals surface area contributed by atoms with E-state index >= 15 is 0 Å². The highest BCUT2D eigenvalue weighted by atomic mass is 15.1. The predicted molar refractivity (Wildman–Crippen MR) is 351 cm³/mol. The van der Waals surface area contributed by atoms with Crippen molar-refractivity contribution in [2.75, 3.05) is 9.80 Å². The van der Waals surface area contributed by atoms with E-state index in [1.807, 2.05) is 0 Å². The number of benzene rings is 11. The van der Waals surface area contributed by atoms with Gasteiger partial charge in [0.1, 0.15) is 0 Å². The lowest BCUT2D eigenvalue weighted by molar-refractivity contribution is 0.590. The Morgan fingerprint density at radius 1 is 0.247 bits per heavy atom. The van der Waals surface area contributed by atoms with Crippen LogP contribution < -0.4 is 9.80 Å². The fourth-order valence-electron chi connectivity index (χ4n) is 12.3. The minimum absolute atomic E-state index is 0.0488. The van der Waals surface area contributed by atoms with Gasteiger partial charge in [-0.1, -0.05) is 198 Å². The van der Waals surface area contributed by atoms with Gasteiger partial charge < -0.3 is 14.2 Å². The number of nitrogens with zero attached hydrogens (tertiary/aromatic N) is 3. The van der Waals surface area contributed by atoms with Crippen LogP contribution in [-0.4, -0.2) is 4.40 Å². The van der Waals surface area contributed by atoms with Crippen molar-refractivity contribution in [1.29, 1.82) is 0 Å². The second kappa shape index (κ2) is 19.0. The largest absolute Gasteiger partial charge is 0.310 e. The Balaban J connectivity index is 1.02. The molecule has 0 amide bonds. The van der Waals surface area contributed by atoms with E-state index in [9.17, 15) is 0 Å². The zero-order chi connectivity index (χ0) is 56.3. The van der Waals surface area contributed by atoms with E-state index in [1.165, 1.54) is 104 Å². The molecular weight excluding hydrogens is 979 g/mol. The molecule has 13 aromatic rings. The van der Waals surface area contributed by atoms with Gasteiger partial charge in [-0.05, 0) is 197 Å². The van der Waals surface area contributed by atoms with Gasteiger partial charge in [0, 0.05) is 55.7 Å². The Hall–Kier alpha value is -8.66. The van der Waals surface area contributed by atoms with E-state index in [4.69, 9.17) is 0 Å². The third kappa shape index (κ3) is 9.37. The van der Waals surface area contributed by atoms with Gasteiger partial charge in [0.15, 0.2) is 0 Å².